The zero-order valence-electron chi connectivity index (χ0n) is 17.5. The van der Waals surface area contributed by atoms with Gasteiger partial charge in [-0.2, -0.15) is 0 Å². The first kappa shape index (κ1) is 22.3. The van der Waals surface area contributed by atoms with Gasteiger partial charge in [-0.25, -0.2) is 4.98 Å². The number of aromatic nitrogens is 2. The van der Waals surface area contributed by atoms with Crippen molar-refractivity contribution < 1.29 is 14.3 Å². The highest BCUT2D eigenvalue weighted by atomic mass is 35.5. The van der Waals surface area contributed by atoms with E-state index in [1.807, 2.05) is 36.6 Å². The molecule has 0 radical (unpaired) electrons. The van der Waals surface area contributed by atoms with Crippen molar-refractivity contribution in [3.8, 4) is 5.75 Å². The van der Waals surface area contributed by atoms with E-state index in [0.717, 1.165) is 16.0 Å². The van der Waals surface area contributed by atoms with Crippen LogP contribution in [-0.2, 0) is 11.3 Å². The van der Waals surface area contributed by atoms with Crippen LogP contribution in [0.3, 0.4) is 0 Å². The molecule has 164 valence electrons. The van der Waals surface area contributed by atoms with Crippen LogP contribution in [0.15, 0.2) is 42.6 Å². The van der Waals surface area contributed by atoms with Crippen molar-refractivity contribution >= 4 is 62.3 Å². The molecular formula is C23H19Cl2N3O3S. The standard InChI is InChI=1S/C23H19Cl2N3O3S/c1-12-10-26-23(32-12)27-22(30)21(29)20-13(2)28(11-14-4-5-15(24)8-18(14)25)19-7-6-16(31-3)9-17(19)20/h4-10H,11H2,1-3H3,(H,26,27,30). The number of hydrogen-bond acceptors (Lipinski definition) is 5. The lowest BCUT2D eigenvalue weighted by Crippen LogP contribution is -2.23. The lowest BCUT2D eigenvalue weighted by Gasteiger charge is -2.11. The Hall–Kier alpha value is -2.87. The average molecular weight is 488 g/mol. The number of ether oxygens (including phenoxy) is 1. The number of rotatable bonds is 6. The third kappa shape index (κ3) is 4.24. The zero-order valence-corrected chi connectivity index (χ0v) is 19.9. The van der Waals surface area contributed by atoms with Gasteiger partial charge < -0.3 is 9.30 Å². The summed E-state index contributed by atoms with van der Waals surface area (Å²) in [4.78, 5) is 31.0. The van der Waals surface area contributed by atoms with Gasteiger partial charge in [-0.15, -0.1) is 11.3 Å². The number of benzene rings is 2. The number of Topliss-reactive ketones (excluding diaryl/α,β-unsaturated/α-hetero) is 1. The Morgan fingerprint density at radius 3 is 2.59 bits per heavy atom. The first-order chi connectivity index (χ1) is 15.3. The smallest absolute Gasteiger partial charge is 0.298 e. The van der Waals surface area contributed by atoms with Crippen LogP contribution in [0, 0.1) is 13.8 Å². The van der Waals surface area contributed by atoms with Crippen LogP contribution in [0.2, 0.25) is 10.0 Å². The summed E-state index contributed by atoms with van der Waals surface area (Å²) in [7, 11) is 1.55. The van der Waals surface area contributed by atoms with Crippen LogP contribution in [0.1, 0.15) is 26.5 Å². The summed E-state index contributed by atoms with van der Waals surface area (Å²) in [6.45, 7) is 4.09. The van der Waals surface area contributed by atoms with Gasteiger partial charge >= 0.3 is 0 Å². The van der Waals surface area contributed by atoms with Crippen molar-refractivity contribution in [3.63, 3.8) is 0 Å². The Morgan fingerprint density at radius 1 is 1.16 bits per heavy atom. The monoisotopic (exact) mass is 487 g/mol. The highest BCUT2D eigenvalue weighted by Gasteiger charge is 2.26. The van der Waals surface area contributed by atoms with E-state index in [4.69, 9.17) is 27.9 Å². The predicted octanol–water partition coefficient (Wildman–Crippen LogP) is 5.90. The Labute approximate surface area is 198 Å². The van der Waals surface area contributed by atoms with Crippen molar-refractivity contribution in [1.82, 2.24) is 9.55 Å². The number of aryl methyl sites for hydroxylation is 1. The van der Waals surface area contributed by atoms with Gasteiger partial charge in [-0.3, -0.25) is 14.9 Å². The van der Waals surface area contributed by atoms with E-state index < -0.39 is 11.7 Å². The van der Waals surface area contributed by atoms with E-state index in [2.05, 4.69) is 10.3 Å². The minimum Gasteiger partial charge on any atom is -0.497 e. The van der Waals surface area contributed by atoms with E-state index in [-0.39, 0.29) is 0 Å². The maximum absolute atomic E-state index is 13.2. The number of methoxy groups -OCH3 is 1. The molecular weight excluding hydrogens is 469 g/mol. The number of carbonyl (C=O) groups is 2. The summed E-state index contributed by atoms with van der Waals surface area (Å²) in [6.07, 6.45) is 1.64. The molecule has 0 aliphatic heterocycles. The zero-order chi connectivity index (χ0) is 23.0. The van der Waals surface area contributed by atoms with Crippen LogP contribution in [-0.4, -0.2) is 28.4 Å². The van der Waals surface area contributed by atoms with Crippen molar-refractivity contribution in [2.24, 2.45) is 0 Å². The number of nitrogens with one attached hydrogen (secondary N) is 1. The van der Waals surface area contributed by atoms with Crippen LogP contribution in [0.4, 0.5) is 5.13 Å². The Balaban J connectivity index is 1.79. The molecule has 0 unspecified atom stereocenters. The molecule has 32 heavy (non-hydrogen) atoms. The number of carbonyl (C=O) groups excluding carboxylic acids is 2. The lowest BCUT2D eigenvalue weighted by molar-refractivity contribution is -0.112. The quantitative estimate of drug-likeness (QED) is 0.271. The van der Waals surface area contributed by atoms with Crippen molar-refractivity contribution in [1.29, 1.82) is 0 Å². The van der Waals surface area contributed by atoms with E-state index in [1.165, 1.54) is 11.3 Å². The SMILES string of the molecule is COc1ccc2c(c1)c(C(=O)C(=O)Nc1ncc(C)s1)c(C)n2Cc1ccc(Cl)cc1Cl. The van der Waals surface area contributed by atoms with Gasteiger partial charge in [0, 0.05) is 44.3 Å². The molecule has 4 aromatic rings. The molecule has 0 saturated heterocycles. The first-order valence-electron chi connectivity index (χ1n) is 9.67. The number of nitrogens with zero attached hydrogens (tertiary/aromatic N) is 2. The Morgan fingerprint density at radius 2 is 1.94 bits per heavy atom. The van der Waals surface area contributed by atoms with E-state index in [0.29, 0.717) is 44.1 Å². The van der Waals surface area contributed by atoms with Gasteiger partial charge in [-0.1, -0.05) is 29.3 Å². The average Bonchev–Trinajstić information content (AvgIpc) is 3.29. The number of hydrogen-bond donors (Lipinski definition) is 1. The third-order valence-corrected chi connectivity index (χ3v) is 6.56. The summed E-state index contributed by atoms with van der Waals surface area (Å²) in [5.41, 5.74) is 2.59. The van der Waals surface area contributed by atoms with Crippen molar-refractivity contribution in [2.45, 2.75) is 20.4 Å². The molecule has 0 bridgehead atoms. The van der Waals surface area contributed by atoms with Crippen LogP contribution >= 0.6 is 34.5 Å². The molecule has 1 amide bonds. The molecule has 4 rings (SSSR count). The molecule has 0 spiro atoms. The minimum atomic E-state index is -0.742. The second-order valence-corrected chi connectivity index (χ2v) is 9.30. The number of ketones is 1. The van der Waals surface area contributed by atoms with E-state index in [1.54, 1.807) is 31.5 Å². The molecule has 0 fully saturated rings. The van der Waals surface area contributed by atoms with Crippen molar-refractivity contribution in [3.05, 3.63) is 74.3 Å². The molecule has 0 saturated carbocycles. The molecule has 1 N–H and O–H groups in total. The molecule has 6 nitrogen and oxygen atoms in total. The topological polar surface area (TPSA) is 73.2 Å². The fourth-order valence-electron chi connectivity index (χ4n) is 3.58. The van der Waals surface area contributed by atoms with Gasteiger partial charge in [0.05, 0.1) is 12.7 Å². The van der Waals surface area contributed by atoms with Crippen LogP contribution in [0.25, 0.3) is 10.9 Å². The summed E-state index contributed by atoms with van der Waals surface area (Å²) in [5, 5.41) is 4.68. The number of amides is 1. The fourth-order valence-corrected chi connectivity index (χ4v) is 4.71. The van der Waals surface area contributed by atoms with Crippen molar-refractivity contribution in [2.75, 3.05) is 12.4 Å². The lowest BCUT2D eigenvalue weighted by atomic mass is 10.1. The molecule has 0 aliphatic carbocycles. The number of anilines is 1. The maximum Gasteiger partial charge on any atom is 0.298 e. The number of fused-ring (bicyclic) bond motifs is 1. The molecule has 0 aliphatic rings. The van der Waals surface area contributed by atoms with Gasteiger partial charge in [0.15, 0.2) is 5.13 Å². The Kier molecular flexibility index (Phi) is 6.24. The van der Waals surface area contributed by atoms with Gasteiger partial charge in [-0.05, 0) is 49.7 Å². The number of halogens is 2. The maximum atomic E-state index is 13.2. The highest BCUT2D eigenvalue weighted by molar-refractivity contribution is 7.15. The van der Waals surface area contributed by atoms with Gasteiger partial charge in [0.25, 0.3) is 11.7 Å². The second-order valence-electron chi connectivity index (χ2n) is 7.22. The molecule has 2 aromatic heterocycles. The Bertz CT molecular complexity index is 1360. The van der Waals surface area contributed by atoms with E-state index >= 15 is 0 Å². The third-order valence-electron chi connectivity index (χ3n) is 5.15. The highest BCUT2D eigenvalue weighted by Crippen LogP contribution is 2.32. The molecule has 0 atom stereocenters. The second kappa shape index (κ2) is 8.94. The van der Waals surface area contributed by atoms with E-state index in [9.17, 15) is 9.59 Å². The molecule has 2 aromatic carbocycles. The van der Waals surface area contributed by atoms with Crippen LogP contribution in [0.5, 0.6) is 5.75 Å². The normalized spacial score (nSPS) is 11.0. The largest absolute Gasteiger partial charge is 0.497 e. The minimum absolute atomic E-state index is 0.315. The summed E-state index contributed by atoms with van der Waals surface area (Å²) >= 11 is 13.7. The summed E-state index contributed by atoms with van der Waals surface area (Å²) in [5.74, 6) is -0.799. The van der Waals surface area contributed by atoms with Gasteiger partial charge in [0.1, 0.15) is 5.75 Å². The fraction of sp³-hybridized carbons (Fsp3) is 0.174. The summed E-state index contributed by atoms with van der Waals surface area (Å²) in [6, 6.07) is 10.7. The number of thiazole rings is 1. The molecule has 2 heterocycles. The first-order valence-corrected chi connectivity index (χ1v) is 11.2. The van der Waals surface area contributed by atoms with Gasteiger partial charge in [0.2, 0.25) is 0 Å². The molecule has 9 heteroatoms. The predicted molar refractivity (Wildman–Crippen MR) is 129 cm³/mol. The van der Waals surface area contributed by atoms with Crippen LogP contribution < -0.4 is 10.1 Å². The summed E-state index contributed by atoms with van der Waals surface area (Å²) < 4.78 is 7.31.